The average Bonchev–Trinajstić information content (AvgIpc) is 2.68. The molecule has 0 amide bonds. The van der Waals surface area contributed by atoms with Crippen LogP contribution in [0, 0.1) is 0 Å². The fourth-order valence-electron chi connectivity index (χ4n) is 2.28. The van der Waals surface area contributed by atoms with Gasteiger partial charge < -0.3 is 4.74 Å². The van der Waals surface area contributed by atoms with Crippen LogP contribution in [0.4, 0.5) is 0 Å². The molecule has 0 fully saturated rings. The molecular weight excluding hydrogens is 428 g/mol. The van der Waals surface area contributed by atoms with Crippen molar-refractivity contribution in [3.8, 4) is 5.75 Å². The lowest BCUT2D eigenvalue weighted by atomic mass is 10.1. The molecule has 27 heavy (non-hydrogen) atoms. The molecule has 134 valence electrons. The standard InChI is InChI=1S/C22H14BrClO3/c23-18-8-4-17(5-9-18)22(26)27-20-12-1-15(2-13-20)3-14-21(25)16-6-10-19(24)11-7-16/h1-14H/b14-3+. The molecule has 0 atom stereocenters. The van der Waals surface area contributed by atoms with E-state index in [0.29, 0.717) is 21.9 Å². The maximum atomic E-state index is 12.1. The molecule has 0 heterocycles. The number of benzene rings is 3. The summed E-state index contributed by atoms with van der Waals surface area (Å²) in [6.07, 6.45) is 3.20. The van der Waals surface area contributed by atoms with Crippen LogP contribution in [-0.2, 0) is 0 Å². The van der Waals surface area contributed by atoms with Gasteiger partial charge in [0.05, 0.1) is 5.56 Å². The van der Waals surface area contributed by atoms with Gasteiger partial charge in [0.1, 0.15) is 5.75 Å². The molecular formula is C22H14BrClO3. The summed E-state index contributed by atoms with van der Waals surface area (Å²) in [7, 11) is 0. The quantitative estimate of drug-likeness (QED) is 0.204. The van der Waals surface area contributed by atoms with E-state index in [0.717, 1.165) is 10.0 Å². The van der Waals surface area contributed by atoms with E-state index in [-0.39, 0.29) is 5.78 Å². The van der Waals surface area contributed by atoms with Crippen molar-refractivity contribution in [2.24, 2.45) is 0 Å². The predicted octanol–water partition coefficient (Wildman–Crippen LogP) is 6.22. The Bertz CT molecular complexity index is 976. The molecule has 0 unspecified atom stereocenters. The molecule has 0 saturated heterocycles. The number of allylic oxidation sites excluding steroid dienone is 1. The summed E-state index contributed by atoms with van der Waals surface area (Å²) in [6.45, 7) is 0. The first-order valence-corrected chi connectivity index (χ1v) is 9.24. The molecule has 0 aliphatic heterocycles. The van der Waals surface area contributed by atoms with Gasteiger partial charge in [-0.25, -0.2) is 4.79 Å². The summed E-state index contributed by atoms with van der Waals surface area (Å²) in [6, 6.07) is 20.6. The minimum Gasteiger partial charge on any atom is -0.423 e. The zero-order valence-electron chi connectivity index (χ0n) is 14.1. The number of hydrogen-bond donors (Lipinski definition) is 0. The van der Waals surface area contributed by atoms with Gasteiger partial charge in [-0.05, 0) is 72.3 Å². The SMILES string of the molecule is O=C(/C=C/c1ccc(OC(=O)c2ccc(Br)cc2)cc1)c1ccc(Cl)cc1. The Morgan fingerprint density at radius 3 is 2.04 bits per heavy atom. The van der Waals surface area contributed by atoms with Gasteiger partial charge in [0, 0.05) is 15.1 Å². The Balaban J connectivity index is 1.62. The van der Waals surface area contributed by atoms with E-state index in [1.54, 1.807) is 78.9 Å². The Morgan fingerprint density at radius 1 is 0.815 bits per heavy atom. The van der Waals surface area contributed by atoms with Gasteiger partial charge >= 0.3 is 5.97 Å². The number of carbonyl (C=O) groups excluding carboxylic acids is 2. The number of esters is 1. The van der Waals surface area contributed by atoms with E-state index in [1.165, 1.54) is 6.08 Å². The van der Waals surface area contributed by atoms with Crippen LogP contribution in [0.5, 0.6) is 5.75 Å². The van der Waals surface area contributed by atoms with Crippen LogP contribution in [0.3, 0.4) is 0 Å². The summed E-state index contributed by atoms with van der Waals surface area (Å²) in [5.41, 5.74) is 1.85. The highest BCUT2D eigenvalue weighted by atomic mass is 79.9. The number of rotatable bonds is 5. The molecule has 0 aromatic heterocycles. The summed E-state index contributed by atoms with van der Waals surface area (Å²) in [5.74, 6) is -0.106. The molecule has 0 bridgehead atoms. The van der Waals surface area contributed by atoms with Crippen molar-refractivity contribution in [2.75, 3.05) is 0 Å². The Morgan fingerprint density at radius 2 is 1.41 bits per heavy atom. The van der Waals surface area contributed by atoms with Crippen LogP contribution < -0.4 is 4.74 Å². The number of hydrogen-bond acceptors (Lipinski definition) is 3. The molecule has 3 rings (SSSR count). The van der Waals surface area contributed by atoms with Crippen LogP contribution in [0.2, 0.25) is 5.02 Å². The first kappa shape index (κ1) is 19.1. The average molecular weight is 442 g/mol. The monoisotopic (exact) mass is 440 g/mol. The molecule has 0 spiro atoms. The van der Waals surface area contributed by atoms with Gasteiger partial charge in [-0.3, -0.25) is 4.79 Å². The number of carbonyl (C=O) groups is 2. The van der Waals surface area contributed by atoms with Gasteiger partial charge in [-0.1, -0.05) is 45.7 Å². The topological polar surface area (TPSA) is 43.4 Å². The Kier molecular flexibility index (Phi) is 6.22. The van der Waals surface area contributed by atoms with Crippen LogP contribution >= 0.6 is 27.5 Å². The van der Waals surface area contributed by atoms with Gasteiger partial charge in [-0.15, -0.1) is 0 Å². The van der Waals surface area contributed by atoms with Crippen molar-refractivity contribution in [3.63, 3.8) is 0 Å². The van der Waals surface area contributed by atoms with Crippen LogP contribution in [0.15, 0.2) is 83.3 Å². The molecule has 3 nitrogen and oxygen atoms in total. The highest BCUT2D eigenvalue weighted by Crippen LogP contribution is 2.17. The predicted molar refractivity (Wildman–Crippen MR) is 110 cm³/mol. The summed E-state index contributed by atoms with van der Waals surface area (Å²) >= 11 is 9.14. The Hall–Kier alpha value is -2.69. The van der Waals surface area contributed by atoms with E-state index in [4.69, 9.17) is 16.3 Å². The number of ketones is 1. The van der Waals surface area contributed by atoms with Crippen LogP contribution in [-0.4, -0.2) is 11.8 Å². The summed E-state index contributed by atoms with van der Waals surface area (Å²) < 4.78 is 6.24. The van der Waals surface area contributed by atoms with E-state index in [2.05, 4.69) is 15.9 Å². The normalized spacial score (nSPS) is 10.7. The largest absolute Gasteiger partial charge is 0.423 e. The maximum Gasteiger partial charge on any atom is 0.343 e. The fourth-order valence-corrected chi connectivity index (χ4v) is 2.67. The minimum absolute atomic E-state index is 0.114. The minimum atomic E-state index is -0.427. The molecule has 3 aromatic carbocycles. The number of ether oxygens (including phenoxy) is 1. The lowest BCUT2D eigenvalue weighted by Crippen LogP contribution is -2.08. The lowest BCUT2D eigenvalue weighted by Gasteiger charge is -2.05. The first-order valence-electron chi connectivity index (χ1n) is 8.07. The first-order chi connectivity index (χ1) is 13.0. The molecule has 0 aliphatic rings. The van der Waals surface area contributed by atoms with Crippen molar-refractivity contribution in [1.82, 2.24) is 0 Å². The van der Waals surface area contributed by atoms with Gasteiger partial charge in [0.15, 0.2) is 5.78 Å². The van der Waals surface area contributed by atoms with Crippen molar-refractivity contribution < 1.29 is 14.3 Å². The second-order valence-electron chi connectivity index (χ2n) is 5.67. The van der Waals surface area contributed by atoms with E-state index < -0.39 is 5.97 Å². The van der Waals surface area contributed by atoms with Crippen molar-refractivity contribution in [3.05, 3.63) is 105 Å². The maximum absolute atomic E-state index is 12.1. The third kappa shape index (κ3) is 5.39. The molecule has 3 aromatic rings. The van der Waals surface area contributed by atoms with Gasteiger partial charge in [0.2, 0.25) is 0 Å². The lowest BCUT2D eigenvalue weighted by molar-refractivity contribution is 0.0734. The zero-order valence-corrected chi connectivity index (χ0v) is 16.4. The Labute approximate surface area is 170 Å². The van der Waals surface area contributed by atoms with Gasteiger partial charge in [-0.2, -0.15) is 0 Å². The third-order valence-corrected chi connectivity index (χ3v) is 4.51. The summed E-state index contributed by atoms with van der Waals surface area (Å²) in [4.78, 5) is 24.2. The molecule has 5 heteroatoms. The van der Waals surface area contributed by atoms with Crippen LogP contribution in [0.25, 0.3) is 6.08 Å². The highest BCUT2D eigenvalue weighted by molar-refractivity contribution is 9.10. The van der Waals surface area contributed by atoms with Crippen molar-refractivity contribution >= 4 is 45.4 Å². The highest BCUT2D eigenvalue weighted by Gasteiger charge is 2.08. The van der Waals surface area contributed by atoms with Crippen molar-refractivity contribution in [2.45, 2.75) is 0 Å². The van der Waals surface area contributed by atoms with Crippen molar-refractivity contribution in [1.29, 1.82) is 0 Å². The summed E-state index contributed by atoms with van der Waals surface area (Å²) in [5, 5.41) is 0.587. The van der Waals surface area contributed by atoms with E-state index in [9.17, 15) is 9.59 Å². The molecule has 0 aliphatic carbocycles. The second-order valence-corrected chi connectivity index (χ2v) is 7.02. The molecule has 0 saturated carbocycles. The van der Waals surface area contributed by atoms with Crippen LogP contribution in [0.1, 0.15) is 26.3 Å². The molecule has 0 N–H and O–H groups in total. The fraction of sp³-hybridized carbons (Fsp3) is 0. The number of halogens is 2. The van der Waals surface area contributed by atoms with E-state index >= 15 is 0 Å². The zero-order chi connectivity index (χ0) is 19.2. The third-order valence-electron chi connectivity index (χ3n) is 3.73. The molecule has 0 radical (unpaired) electrons. The second kappa shape index (κ2) is 8.80. The van der Waals surface area contributed by atoms with E-state index in [1.807, 2.05) is 0 Å². The van der Waals surface area contributed by atoms with Gasteiger partial charge in [0.25, 0.3) is 0 Å². The smallest absolute Gasteiger partial charge is 0.343 e.